The Morgan fingerprint density at radius 2 is 1.68 bits per heavy atom. The van der Waals surface area contributed by atoms with E-state index in [0.29, 0.717) is 5.56 Å². The molecule has 0 radical (unpaired) electrons. The lowest BCUT2D eigenvalue weighted by Gasteiger charge is -2.14. The third kappa shape index (κ3) is 5.57. The van der Waals surface area contributed by atoms with E-state index < -0.39 is 21.9 Å². The van der Waals surface area contributed by atoms with Crippen LogP contribution in [0.25, 0.3) is 11.1 Å². The van der Waals surface area contributed by atoms with Crippen molar-refractivity contribution in [3.63, 3.8) is 0 Å². The fourth-order valence-corrected chi connectivity index (χ4v) is 4.58. The second-order valence-electron chi connectivity index (χ2n) is 7.33. The lowest BCUT2D eigenvalue weighted by Crippen LogP contribution is -2.28. The molecule has 3 aromatic carbocycles. The summed E-state index contributed by atoms with van der Waals surface area (Å²) in [5, 5.41) is 5.01. The quantitative estimate of drug-likeness (QED) is 0.349. The maximum Gasteiger partial charge on any atom is 0.319 e. The zero-order valence-electron chi connectivity index (χ0n) is 17.9. The van der Waals surface area contributed by atoms with Crippen molar-refractivity contribution >= 4 is 27.4 Å². The molecule has 0 aliphatic rings. The van der Waals surface area contributed by atoms with Gasteiger partial charge in [0.1, 0.15) is 5.82 Å². The number of benzene rings is 3. The van der Waals surface area contributed by atoms with Crippen LogP contribution in [0.5, 0.6) is 0 Å². The van der Waals surface area contributed by atoms with Gasteiger partial charge in [0.05, 0.1) is 16.3 Å². The average Bonchev–Trinajstić information content (AvgIpc) is 2.85. The van der Waals surface area contributed by atoms with Crippen LogP contribution in [-0.4, -0.2) is 19.4 Å². The lowest BCUT2D eigenvalue weighted by atomic mass is 10.1. The zero-order chi connectivity index (χ0) is 24.0. The number of carbonyl (C=O) groups is 1. The second-order valence-corrected chi connectivity index (χ2v) is 8.98. The van der Waals surface area contributed by atoms with Gasteiger partial charge in [-0.05, 0) is 35.4 Å². The molecule has 9 heteroatoms. The number of sulfonamides is 1. The molecule has 0 spiro atoms. The van der Waals surface area contributed by atoms with Crippen LogP contribution >= 0.6 is 0 Å². The molecule has 4 rings (SSSR count). The first-order valence-electron chi connectivity index (χ1n) is 10.3. The molecule has 2 amide bonds. The van der Waals surface area contributed by atoms with Gasteiger partial charge in [0.25, 0.3) is 10.0 Å². The van der Waals surface area contributed by atoms with E-state index in [1.165, 1.54) is 18.2 Å². The van der Waals surface area contributed by atoms with Crippen molar-refractivity contribution in [2.24, 2.45) is 0 Å². The smallest absolute Gasteiger partial charge is 0.319 e. The Hall–Kier alpha value is -4.24. The van der Waals surface area contributed by atoms with Gasteiger partial charge in [0.15, 0.2) is 0 Å². The molecule has 0 atom stereocenters. The van der Waals surface area contributed by atoms with Crippen LogP contribution in [-0.2, 0) is 16.6 Å². The number of amides is 2. The molecule has 0 aliphatic carbocycles. The van der Waals surface area contributed by atoms with Crippen molar-refractivity contribution < 1.29 is 17.6 Å². The third-order valence-electron chi connectivity index (χ3n) is 4.91. The number of nitrogens with one attached hydrogen (secondary N) is 3. The summed E-state index contributed by atoms with van der Waals surface area (Å²) in [6, 6.07) is 22.3. The number of urea groups is 1. The van der Waals surface area contributed by atoms with Gasteiger partial charge in [-0.2, -0.15) is 0 Å². The maximum absolute atomic E-state index is 14.6. The van der Waals surface area contributed by atoms with E-state index in [2.05, 4.69) is 20.3 Å². The van der Waals surface area contributed by atoms with Gasteiger partial charge in [0, 0.05) is 30.6 Å². The van der Waals surface area contributed by atoms with Crippen molar-refractivity contribution in [2.45, 2.75) is 11.4 Å². The molecule has 0 unspecified atom stereocenters. The molecule has 1 heterocycles. The normalized spacial score (nSPS) is 11.0. The monoisotopic (exact) mass is 476 g/mol. The predicted molar refractivity (Wildman–Crippen MR) is 129 cm³/mol. The highest BCUT2D eigenvalue weighted by Gasteiger charge is 2.20. The minimum atomic E-state index is -4.01. The van der Waals surface area contributed by atoms with Gasteiger partial charge < -0.3 is 10.6 Å². The molecule has 4 aromatic rings. The van der Waals surface area contributed by atoms with Gasteiger partial charge in [-0.1, -0.05) is 54.6 Å². The number of hydrogen-bond acceptors (Lipinski definition) is 4. The summed E-state index contributed by atoms with van der Waals surface area (Å²) >= 11 is 0. The summed E-state index contributed by atoms with van der Waals surface area (Å²) in [5.74, 6) is -0.784. The van der Waals surface area contributed by atoms with Crippen molar-refractivity contribution in [1.82, 2.24) is 10.3 Å². The van der Waals surface area contributed by atoms with Gasteiger partial charge in [-0.3, -0.25) is 9.71 Å². The van der Waals surface area contributed by atoms with Crippen LogP contribution in [0.1, 0.15) is 5.56 Å². The lowest BCUT2D eigenvalue weighted by molar-refractivity contribution is 0.251. The Kier molecular flexibility index (Phi) is 6.84. The maximum atomic E-state index is 14.6. The van der Waals surface area contributed by atoms with Crippen molar-refractivity contribution in [1.29, 1.82) is 0 Å². The van der Waals surface area contributed by atoms with Gasteiger partial charge in [-0.25, -0.2) is 17.6 Å². The fourth-order valence-electron chi connectivity index (χ4n) is 3.30. The summed E-state index contributed by atoms with van der Waals surface area (Å²) in [6.45, 7) is 0.222. The molecular weight excluding hydrogens is 455 g/mol. The number of pyridine rings is 1. The highest BCUT2D eigenvalue weighted by Crippen LogP contribution is 2.29. The summed E-state index contributed by atoms with van der Waals surface area (Å²) < 4.78 is 43.2. The first kappa shape index (κ1) is 22.9. The minimum absolute atomic E-state index is 0.0293. The van der Waals surface area contributed by atoms with Crippen LogP contribution < -0.4 is 15.4 Å². The van der Waals surface area contributed by atoms with Gasteiger partial charge in [-0.15, -0.1) is 0 Å². The second kappa shape index (κ2) is 10.1. The van der Waals surface area contributed by atoms with Crippen molar-refractivity contribution in [2.75, 3.05) is 10.0 Å². The Labute approximate surface area is 196 Å². The molecule has 0 aliphatic heterocycles. The SMILES string of the molecule is O=C(NCc1cccnc1)Nc1ccc(NS(=O)(=O)c2ccccc2-c2ccccc2)cc1F. The number of aromatic nitrogens is 1. The van der Waals surface area contributed by atoms with Gasteiger partial charge in [0.2, 0.25) is 0 Å². The number of nitrogens with zero attached hydrogens (tertiary/aromatic N) is 1. The topological polar surface area (TPSA) is 100 Å². The van der Waals surface area contributed by atoms with E-state index in [4.69, 9.17) is 0 Å². The Balaban J connectivity index is 1.47. The van der Waals surface area contributed by atoms with Crippen LogP contribution in [0.4, 0.5) is 20.6 Å². The van der Waals surface area contributed by atoms with Crippen LogP contribution in [0.3, 0.4) is 0 Å². The Bertz CT molecular complexity index is 1400. The molecule has 0 saturated heterocycles. The van der Waals surface area contributed by atoms with Gasteiger partial charge >= 0.3 is 6.03 Å². The number of hydrogen-bond donors (Lipinski definition) is 3. The zero-order valence-corrected chi connectivity index (χ0v) is 18.7. The minimum Gasteiger partial charge on any atom is -0.334 e. The molecule has 7 nitrogen and oxygen atoms in total. The largest absolute Gasteiger partial charge is 0.334 e. The predicted octanol–water partition coefficient (Wildman–Crippen LogP) is 5.01. The standard InChI is InChI=1S/C25H21FN4O3S/c26-22-15-20(12-13-23(22)29-25(31)28-17-18-7-6-14-27-16-18)30-34(32,33)24-11-5-4-10-21(24)19-8-2-1-3-9-19/h1-16,30H,17H2,(H2,28,29,31). The Morgan fingerprint density at radius 1 is 0.912 bits per heavy atom. The molecular formula is C25H21FN4O3S. The molecule has 3 N–H and O–H groups in total. The third-order valence-corrected chi connectivity index (χ3v) is 6.35. The molecule has 172 valence electrons. The van der Waals surface area contributed by atoms with Crippen LogP contribution in [0.15, 0.2) is 102 Å². The van der Waals surface area contributed by atoms with E-state index in [1.54, 1.807) is 42.7 Å². The molecule has 1 aromatic heterocycles. The summed E-state index contributed by atoms with van der Waals surface area (Å²) in [4.78, 5) is 16.1. The number of anilines is 2. The van der Waals surface area contributed by atoms with Crippen molar-refractivity contribution in [3.05, 3.63) is 109 Å². The fraction of sp³-hybridized carbons (Fsp3) is 0.0400. The van der Waals surface area contributed by atoms with E-state index in [-0.39, 0.29) is 22.8 Å². The van der Waals surface area contributed by atoms with Crippen LogP contribution in [0, 0.1) is 5.82 Å². The molecule has 0 bridgehead atoms. The highest BCUT2D eigenvalue weighted by molar-refractivity contribution is 7.92. The average molecular weight is 477 g/mol. The summed E-state index contributed by atoms with van der Waals surface area (Å²) in [6.07, 6.45) is 3.23. The van der Waals surface area contributed by atoms with E-state index >= 15 is 0 Å². The first-order chi connectivity index (χ1) is 16.4. The molecule has 0 fully saturated rings. The van der Waals surface area contributed by atoms with Crippen molar-refractivity contribution in [3.8, 4) is 11.1 Å². The molecule has 34 heavy (non-hydrogen) atoms. The molecule has 0 saturated carbocycles. The summed E-state index contributed by atoms with van der Waals surface area (Å²) in [7, 11) is -4.01. The van der Waals surface area contributed by atoms with E-state index in [0.717, 1.165) is 17.2 Å². The Morgan fingerprint density at radius 3 is 2.41 bits per heavy atom. The highest BCUT2D eigenvalue weighted by atomic mass is 32.2. The number of halogens is 1. The first-order valence-corrected chi connectivity index (χ1v) is 11.8. The summed E-state index contributed by atoms with van der Waals surface area (Å²) in [5.41, 5.74) is 2.00. The number of rotatable bonds is 7. The van der Waals surface area contributed by atoms with E-state index in [1.807, 2.05) is 30.3 Å². The number of carbonyl (C=O) groups excluding carboxylic acids is 1. The van der Waals surface area contributed by atoms with E-state index in [9.17, 15) is 17.6 Å². The van der Waals surface area contributed by atoms with Crippen LogP contribution in [0.2, 0.25) is 0 Å².